The lowest BCUT2D eigenvalue weighted by molar-refractivity contribution is 0.174. The number of aryl methyl sites for hydroxylation is 1. The largest absolute Gasteiger partial charge is 0.454 e. The normalized spacial score (nSPS) is 17.8. The van der Waals surface area contributed by atoms with Gasteiger partial charge in [-0.25, -0.2) is 0 Å². The predicted molar refractivity (Wildman–Crippen MR) is 48.7 cm³/mol. The van der Waals surface area contributed by atoms with Crippen LogP contribution in [0.5, 0.6) is 11.5 Å². The Balaban J connectivity index is 2.23. The van der Waals surface area contributed by atoms with Gasteiger partial charge in [0.15, 0.2) is 11.5 Å². The van der Waals surface area contributed by atoms with Crippen molar-refractivity contribution >= 4 is 12.4 Å². The molecule has 1 N–H and O–H groups in total. The molecule has 0 fully saturated rings. The first-order valence-electron chi connectivity index (χ1n) is 4.45. The Bertz CT molecular complexity index is 364. The summed E-state index contributed by atoms with van der Waals surface area (Å²) in [5, 5.41) is 9.71. The van der Waals surface area contributed by atoms with E-state index in [1.54, 1.807) is 0 Å². The van der Waals surface area contributed by atoms with Crippen LogP contribution in [-0.4, -0.2) is 18.7 Å². The first kappa shape index (κ1) is 7.27. The van der Waals surface area contributed by atoms with Crippen molar-refractivity contribution in [3.63, 3.8) is 0 Å². The quantitative estimate of drug-likeness (QED) is 0.572. The minimum Gasteiger partial charge on any atom is -0.454 e. The number of hydrogen-bond acceptors (Lipinski definition) is 3. The average Bonchev–Trinajstić information content (AvgIpc) is 2.70. The first-order valence-corrected chi connectivity index (χ1v) is 4.45. The summed E-state index contributed by atoms with van der Waals surface area (Å²) in [5.41, 5.74) is 2.13. The van der Waals surface area contributed by atoms with Gasteiger partial charge in [-0.1, -0.05) is 6.07 Å². The maximum Gasteiger partial charge on any atom is 0.328 e. The van der Waals surface area contributed by atoms with E-state index < -0.39 is 0 Å². The van der Waals surface area contributed by atoms with E-state index in [2.05, 4.69) is 0 Å². The van der Waals surface area contributed by atoms with Gasteiger partial charge >= 0.3 is 6.92 Å². The molecular formula is C9H9BO3. The van der Waals surface area contributed by atoms with Crippen molar-refractivity contribution in [3.05, 3.63) is 17.7 Å². The third-order valence-corrected chi connectivity index (χ3v) is 2.69. The monoisotopic (exact) mass is 176 g/mol. The number of ether oxygens (including phenoxy) is 2. The predicted octanol–water partition coefficient (Wildman–Crippen LogP) is 0.162. The fourth-order valence-corrected chi connectivity index (χ4v) is 2.05. The topological polar surface area (TPSA) is 38.7 Å². The van der Waals surface area contributed by atoms with Gasteiger partial charge in [0.25, 0.3) is 0 Å². The van der Waals surface area contributed by atoms with Crippen LogP contribution >= 0.6 is 0 Å². The Morgan fingerprint density at radius 3 is 3.15 bits per heavy atom. The summed E-state index contributed by atoms with van der Waals surface area (Å²) in [4.78, 5) is 0. The van der Waals surface area contributed by atoms with Crippen LogP contribution in [0.25, 0.3) is 0 Å². The van der Waals surface area contributed by atoms with Crippen LogP contribution < -0.4 is 14.9 Å². The first-order chi connectivity index (χ1) is 6.36. The highest BCUT2D eigenvalue weighted by atomic mass is 16.7. The molecule has 0 saturated heterocycles. The van der Waals surface area contributed by atoms with Gasteiger partial charge in [-0.2, -0.15) is 0 Å². The van der Waals surface area contributed by atoms with Gasteiger partial charge in [0.2, 0.25) is 6.79 Å². The minimum absolute atomic E-state index is 0.276. The number of hydrogen-bond donors (Lipinski definition) is 1. The molecule has 0 amide bonds. The van der Waals surface area contributed by atoms with Gasteiger partial charge in [0.1, 0.15) is 0 Å². The Labute approximate surface area is 76.4 Å². The molecule has 0 bridgehead atoms. The Kier molecular flexibility index (Phi) is 1.35. The second kappa shape index (κ2) is 2.42. The minimum atomic E-state index is -0.369. The summed E-state index contributed by atoms with van der Waals surface area (Å²) in [5.74, 6) is 1.52. The molecule has 0 aromatic heterocycles. The second-order valence-electron chi connectivity index (χ2n) is 3.43. The van der Waals surface area contributed by atoms with Crippen molar-refractivity contribution in [2.45, 2.75) is 12.7 Å². The van der Waals surface area contributed by atoms with E-state index in [0.29, 0.717) is 0 Å². The van der Waals surface area contributed by atoms with Crippen molar-refractivity contribution in [1.82, 2.24) is 0 Å². The highest BCUT2D eigenvalue weighted by Crippen LogP contribution is 2.33. The van der Waals surface area contributed by atoms with E-state index in [-0.39, 0.29) is 13.7 Å². The molecule has 0 aliphatic carbocycles. The summed E-state index contributed by atoms with van der Waals surface area (Å²) in [7, 11) is 0. The molecule has 2 aliphatic heterocycles. The second-order valence-corrected chi connectivity index (χ2v) is 3.43. The zero-order valence-corrected chi connectivity index (χ0v) is 7.12. The molecule has 0 atom stereocenters. The molecule has 0 saturated carbocycles. The summed E-state index contributed by atoms with van der Waals surface area (Å²) >= 11 is 0. The molecule has 0 radical (unpaired) electrons. The van der Waals surface area contributed by atoms with Gasteiger partial charge < -0.3 is 14.5 Å². The molecule has 2 aliphatic rings. The van der Waals surface area contributed by atoms with Crippen LogP contribution in [0, 0.1) is 0 Å². The molecule has 0 spiro atoms. The van der Waals surface area contributed by atoms with E-state index in [1.165, 1.54) is 5.56 Å². The molecule has 2 heterocycles. The highest BCUT2D eigenvalue weighted by Gasteiger charge is 2.32. The molecule has 13 heavy (non-hydrogen) atoms. The van der Waals surface area contributed by atoms with Crippen LogP contribution in [0.4, 0.5) is 0 Å². The lowest BCUT2D eigenvalue weighted by Gasteiger charge is -2.04. The zero-order chi connectivity index (χ0) is 8.84. The van der Waals surface area contributed by atoms with E-state index in [9.17, 15) is 5.02 Å². The number of rotatable bonds is 0. The van der Waals surface area contributed by atoms with Gasteiger partial charge in [0, 0.05) is 5.46 Å². The van der Waals surface area contributed by atoms with Crippen LogP contribution in [0.1, 0.15) is 5.56 Å². The van der Waals surface area contributed by atoms with Crippen molar-refractivity contribution in [2.75, 3.05) is 6.79 Å². The smallest absolute Gasteiger partial charge is 0.328 e. The van der Waals surface area contributed by atoms with Gasteiger partial charge in [0.05, 0.1) is 0 Å². The van der Waals surface area contributed by atoms with E-state index in [4.69, 9.17) is 9.47 Å². The van der Waals surface area contributed by atoms with Crippen LogP contribution in [0.2, 0.25) is 6.32 Å². The summed E-state index contributed by atoms with van der Waals surface area (Å²) in [6.07, 6.45) is 1.74. The van der Waals surface area contributed by atoms with Crippen molar-refractivity contribution in [3.8, 4) is 11.5 Å². The van der Waals surface area contributed by atoms with Crippen molar-refractivity contribution in [1.29, 1.82) is 0 Å². The fourth-order valence-electron chi connectivity index (χ4n) is 2.05. The van der Waals surface area contributed by atoms with Gasteiger partial charge in [-0.15, -0.1) is 0 Å². The average molecular weight is 176 g/mol. The maximum atomic E-state index is 9.71. The molecular weight excluding hydrogens is 167 g/mol. The standard InChI is InChI=1S/C9H9BO3/c11-10-4-3-6-1-2-7-9(8(6)10)13-5-12-7/h1-2,11H,3-5H2. The van der Waals surface area contributed by atoms with Gasteiger partial charge in [-0.3, -0.25) is 0 Å². The van der Waals surface area contributed by atoms with Crippen molar-refractivity contribution in [2.24, 2.45) is 0 Å². The molecule has 66 valence electrons. The zero-order valence-electron chi connectivity index (χ0n) is 7.12. The molecule has 3 rings (SSSR count). The van der Waals surface area contributed by atoms with Gasteiger partial charge in [-0.05, 0) is 24.4 Å². The fraction of sp³-hybridized carbons (Fsp3) is 0.333. The Morgan fingerprint density at radius 2 is 2.23 bits per heavy atom. The van der Waals surface area contributed by atoms with Crippen LogP contribution in [0.3, 0.4) is 0 Å². The van der Waals surface area contributed by atoms with E-state index >= 15 is 0 Å². The van der Waals surface area contributed by atoms with Crippen molar-refractivity contribution < 1.29 is 14.5 Å². The molecule has 1 aromatic rings. The Morgan fingerprint density at radius 1 is 1.31 bits per heavy atom. The maximum absolute atomic E-state index is 9.71. The van der Waals surface area contributed by atoms with E-state index in [0.717, 1.165) is 29.7 Å². The summed E-state index contributed by atoms with van der Waals surface area (Å²) < 4.78 is 10.6. The SMILES string of the molecule is OB1CCc2ccc3c(c21)OCO3. The third-order valence-electron chi connectivity index (χ3n) is 2.69. The summed E-state index contributed by atoms with van der Waals surface area (Å²) in [6, 6.07) is 3.93. The van der Waals surface area contributed by atoms with Crippen LogP contribution in [-0.2, 0) is 6.42 Å². The molecule has 1 aromatic carbocycles. The van der Waals surface area contributed by atoms with Crippen LogP contribution in [0.15, 0.2) is 12.1 Å². The molecule has 0 unspecified atom stereocenters. The molecule has 4 heteroatoms. The lowest BCUT2D eigenvalue weighted by atomic mass is 9.62. The Hall–Kier alpha value is -1.16. The number of benzene rings is 1. The lowest BCUT2D eigenvalue weighted by Crippen LogP contribution is -2.27. The summed E-state index contributed by atoms with van der Waals surface area (Å²) in [6.45, 7) is -0.0925. The third kappa shape index (κ3) is 0.892. The van der Waals surface area contributed by atoms with E-state index in [1.807, 2.05) is 12.1 Å². The highest BCUT2D eigenvalue weighted by molar-refractivity contribution is 6.69. The molecule has 3 nitrogen and oxygen atoms in total. The number of fused-ring (bicyclic) bond motifs is 3.